The molecule has 0 aliphatic heterocycles. The highest BCUT2D eigenvalue weighted by Gasteiger charge is 2.12. The van der Waals surface area contributed by atoms with Crippen LogP contribution in [0.4, 0.5) is 0 Å². The second-order valence-corrected chi connectivity index (χ2v) is 7.70. The van der Waals surface area contributed by atoms with E-state index in [0.29, 0.717) is 12.6 Å². The predicted molar refractivity (Wildman–Crippen MR) is 112 cm³/mol. The van der Waals surface area contributed by atoms with E-state index in [0.717, 1.165) is 28.6 Å². The molecular formula is C23H30ClNO2. The second kappa shape index (κ2) is 10.6. The molecule has 1 saturated carbocycles. The van der Waals surface area contributed by atoms with Crippen molar-refractivity contribution < 1.29 is 9.47 Å². The van der Waals surface area contributed by atoms with Gasteiger partial charge >= 0.3 is 0 Å². The zero-order valence-corrected chi connectivity index (χ0v) is 16.9. The zero-order chi connectivity index (χ0) is 18.9. The van der Waals surface area contributed by atoms with Gasteiger partial charge in [0.1, 0.15) is 6.61 Å². The first kappa shape index (κ1) is 20.0. The molecule has 1 aliphatic carbocycles. The highest BCUT2D eigenvalue weighted by atomic mass is 35.5. The monoisotopic (exact) mass is 387 g/mol. The van der Waals surface area contributed by atoms with Crippen molar-refractivity contribution in [1.29, 1.82) is 0 Å². The lowest BCUT2D eigenvalue weighted by Gasteiger charge is -2.21. The third-order valence-corrected chi connectivity index (χ3v) is 5.64. The average Bonchev–Trinajstić information content (AvgIpc) is 2.67. The minimum Gasteiger partial charge on any atom is -0.493 e. The van der Waals surface area contributed by atoms with Crippen molar-refractivity contribution in [2.45, 2.75) is 64.1 Å². The maximum Gasteiger partial charge on any atom is 0.161 e. The van der Waals surface area contributed by atoms with Gasteiger partial charge in [-0.3, -0.25) is 0 Å². The molecule has 0 saturated heterocycles. The van der Waals surface area contributed by atoms with Gasteiger partial charge in [-0.25, -0.2) is 0 Å². The van der Waals surface area contributed by atoms with E-state index in [1.807, 2.05) is 30.3 Å². The molecule has 0 unspecified atom stereocenters. The van der Waals surface area contributed by atoms with Crippen molar-refractivity contribution in [3.8, 4) is 11.5 Å². The highest BCUT2D eigenvalue weighted by molar-refractivity contribution is 6.31. The summed E-state index contributed by atoms with van der Waals surface area (Å²) in [7, 11) is 1.68. The van der Waals surface area contributed by atoms with Crippen molar-refractivity contribution in [2.75, 3.05) is 7.11 Å². The van der Waals surface area contributed by atoms with Crippen LogP contribution in [0, 0.1) is 0 Å². The topological polar surface area (TPSA) is 30.5 Å². The Morgan fingerprint density at radius 2 is 1.70 bits per heavy atom. The molecule has 146 valence electrons. The SMILES string of the molecule is COc1cc(CNC2CCCCCCC2)ccc1OCc1ccccc1Cl. The van der Waals surface area contributed by atoms with E-state index in [1.54, 1.807) is 7.11 Å². The van der Waals surface area contributed by atoms with Crippen LogP contribution in [-0.2, 0) is 13.2 Å². The predicted octanol–water partition coefficient (Wildman–Crippen LogP) is 6.13. The molecule has 0 aromatic heterocycles. The Bertz CT molecular complexity index is 711. The summed E-state index contributed by atoms with van der Waals surface area (Å²) < 4.78 is 11.5. The zero-order valence-electron chi connectivity index (χ0n) is 16.2. The summed E-state index contributed by atoms with van der Waals surface area (Å²) in [5.41, 5.74) is 2.19. The van der Waals surface area contributed by atoms with Gasteiger partial charge in [-0.1, -0.05) is 68.0 Å². The maximum atomic E-state index is 6.21. The lowest BCUT2D eigenvalue weighted by Crippen LogP contribution is -2.29. The van der Waals surface area contributed by atoms with Gasteiger partial charge in [0.25, 0.3) is 0 Å². The van der Waals surface area contributed by atoms with E-state index >= 15 is 0 Å². The molecule has 2 aromatic carbocycles. The van der Waals surface area contributed by atoms with Crippen LogP contribution in [-0.4, -0.2) is 13.2 Å². The molecule has 1 N–H and O–H groups in total. The number of benzene rings is 2. The van der Waals surface area contributed by atoms with Crippen molar-refractivity contribution in [3.63, 3.8) is 0 Å². The van der Waals surface area contributed by atoms with Gasteiger partial charge in [-0.15, -0.1) is 0 Å². The molecule has 0 atom stereocenters. The molecule has 3 rings (SSSR count). The van der Waals surface area contributed by atoms with Gasteiger partial charge in [-0.05, 0) is 36.6 Å². The van der Waals surface area contributed by atoms with Crippen molar-refractivity contribution >= 4 is 11.6 Å². The van der Waals surface area contributed by atoms with Gasteiger partial charge in [0, 0.05) is 23.2 Å². The molecule has 0 heterocycles. The van der Waals surface area contributed by atoms with Gasteiger partial charge in [0.15, 0.2) is 11.5 Å². The summed E-state index contributed by atoms with van der Waals surface area (Å²) in [5.74, 6) is 1.51. The fourth-order valence-corrected chi connectivity index (χ4v) is 3.82. The summed E-state index contributed by atoms with van der Waals surface area (Å²) in [6, 6.07) is 14.5. The molecule has 1 fully saturated rings. The third-order valence-electron chi connectivity index (χ3n) is 5.27. The molecule has 1 aliphatic rings. The van der Waals surface area contributed by atoms with E-state index in [-0.39, 0.29) is 0 Å². The van der Waals surface area contributed by atoms with Gasteiger partial charge in [0.05, 0.1) is 7.11 Å². The molecule has 0 amide bonds. The Morgan fingerprint density at radius 3 is 2.44 bits per heavy atom. The smallest absolute Gasteiger partial charge is 0.161 e. The van der Waals surface area contributed by atoms with Crippen LogP contribution in [0.1, 0.15) is 56.1 Å². The van der Waals surface area contributed by atoms with Crippen LogP contribution in [0.25, 0.3) is 0 Å². The van der Waals surface area contributed by atoms with Crippen LogP contribution >= 0.6 is 11.6 Å². The van der Waals surface area contributed by atoms with Gasteiger partial charge in [-0.2, -0.15) is 0 Å². The number of methoxy groups -OCH3 is 1. The Hall–Kier alpha value is -1.71. The van der Waals surface area contributed by atoms with Crippen LogP contribution in [0.3, 0.4) is 0 Å². The Labute approximate surface area is 168 Å². The van der Waals surface area contributed by atoms with Crippen molar-refractivity contribution in [3.05, 3.63) is 58.6 Å². The fraction of sp³-hybridized carbons (Fsp3) is 0.478. The maximum absolute atomic E-state index is 6.21. The summed E-state index contributed by atoms with van der Waals surface area (Å²) >= 11 is 6.21. The lowest BCUT2D eigenvalue weighted by molar-refractivity contribution is 0.284. The Balaban J connectivity index is 1.57. The summed E-state index contributed by atoms with van der Waals surface area (Å²) in [6.45, 7) is 1.29. The first-order valence-corrected chi connectivity index (χ1v) is 10.4. The molecule has 2 aromatic rings. The van der Waals surface area contributed by atoms with E-state index in [9.17, 15) is 0 Å². The van der Waals surface area contributed by atoms with Crippen molar-refractivity contribution in [1.82, 2.24) is 5.32 Å². The van der Waals surface area contributed by atoms with Crippen LogP contribution in [0.2, 0.25) is 5.02 Å². The number of rotatable bonds is 7. The molecule has 0 radical (unpaired) electrons. The second-order valence-electron chi connectivity index (χ2n) is 7.29. The molecule has 0 spiro atoms. The lowest BCUT2D eigenvalue weighted by atomic mass is 9.96. The third kappa shape index (κ3) is 6.15. The first-order chi connectivity index (χ1) is 13.3. The largest absolute Gasteiger partial charge is 0.493 e. The summed E-state index contributed by atoms with van der Waals surface area (Å²) in [4.78, 5) is 0. The molecule has 0 bridgehead atoms. The van der Waals surface area contributed by atoms with Crippen LogP contribution in [0.5, 0.6) is 11.5 Å². The van der Waals surface area contributed by atoms with Crippen molar-refractivity contribution in [2.24, 2.45) is 0 Å². The molecular weight excluding hydrogens is 358 g/mol. The minimum absolute atomic E-state index is 0.426. The number of hydrogen-bond donors (Lipinski definition) is 1. The summed E-state index contributed by atoms with van der Waals surface area (Å²) in [5, 5.41) is 4.45. The van der Waals surface area contributed by atoms with E-state index in [4.69, 9.17) is 21.1 Å². The number of nitrogens with one attached hydrogen (secondary N) is 1. The standard InChI is InChI=1S/C23H30ClNO2/c1-26-23-15-18(16-25-20-10-5-3-2-4-6-11-20)13-14-22(23)27-17-19-9-7-8-12-21(19)24/h7-9,12-15,20,25H,2-6,10-11,16-17H2,1H3. The van der Waals surface area contributed by atoms with Crippen LogP contribution in [0.15, 0.2) is 42.5 Å². The number of halogens is 1. The molecule has 3 nitrogen and oxygen atoms in total. The van der Waals surface area contributed by atoms with E-state index in [1.165, 1.54) is 50.5 Å². The first-order valence-electron chi connectivity index (χ1n) is 10.0. The Morgan fingerprint density at radius 1 is 0.963 bits per heavy atom. The highest BCUT2D eigenvalue weighted by Crippen LogP contribution is 2.30. The van der Waals surface area contributed by atoms with Gasteiger partial charge in [0.2, 0.25) is 0 Å². The number of hydrogen-bond acceptors (Lipinski definition) is 3. The van der Waals surface area contributed by atoms with Crippen LogP contribution < -0.4 is 14.8 Å². The average molecular weight is 388 g/mol. The molecule has 27 heavy (non-hydrogen) atoms. The normalized spacial score (nSPS) is 15.8. The summed E-state index contributed by atoms with van der Waals surface area (Å²) in [6.07, 6.45) is 9.42. The van der Waals surface area contributed by atoms with Gasteiger partial charge < -0.3 is 14.8 Å². The van der Waals surface area contributed by atoms with E-state index < -0.39 is 0 Å². The molecule has 4 heteroatoms. The minimum atomic E-state index is 0.426. The fourth-order valence-electron chi connectivity index (χ4n) is 3.63. The van der Waals surface area contributed by atoms with E-state index in [2.05, 4.69) is 17.4 Å². The number of ether oxygens (including phenoxy) is 2. The Kier molecular flexibility index (Phi) is 7.85. The quantitative estimate of drug-likeness (QED) is 0.619.